The van der Waals surface area contributed by atoms with E-state index in [-0.39, 0.29) is 5.41 Å². The summed E-state index contributed by atoms with van der Waals surface area (Å²) in [5.74, 6) is 0. The highest BCUT2D eigenvalue weighted by molar-refractivity contribution is 6.07. The van der Waals surface area contributed by atoms with Gasteiger partial charge in [0.15, 0.2) is 0 Å². The van der Waals surface area contributed by atoms with Crippen molar-refractivity contribution < 1.29 is 0 Å². The van der Waals surface area contributed by atoms with Gasteiger partial charge in [-0.1, -0.05) is 92.7 Å². The molecule has 4 aromatic carbocycles. The Hall–Kier alpha value is -4.30. The van der Waals surface area contributed by atoms with Crippen molar-refractivity contribution >= 4 is 21.7 Å². The molecule has 7 rings (SSSR count). The van der Waals surface area contributed by atoms with Crippen LogP contribution in [-0.2, 0) is 5.41 Å². The molecule has 0 unspecified atom stereocenters. The summed E-state index contributed by atoms with van der Waals surface area (Å²) in [7, 11) is 0. The molecule has 0 amide bonds. The first-order valence-electron chi connectivity index (χ1n) is 12.1. The summed E-state index contributed by atoms with van der Waals surface area (Å²) in [4.78, 5) is 10.1. The van der Waals surface area contributed by atoms with Crippen LogP contribution in [0.15, 0.2) is 109 Å². The SMILES string of the molecule is CC1(C)c2ccc(-c3ccccc3)nc2-c2c1cc(-c1ccc3ccccc3c1)c1cccnc21. The van der Waals surface area contributed by atoms with Crippen molar-refractivity contribution in [3.63, 3.8) is 0 Å². The molecule has 166 valence electrons. The van der Waals surface area contributed by atoms with E-state index in [0.717, 1.165) is 27.9 Å². The summed E-state index contributed by atoms with van der Waals surface area (Å²) in [6.07, 6.45) is 1.90. The second-order valence-corrected chi connectivity index (χ2v) is 9.89. The highest BCUT2D eigenvalue weighted by Gasteiger charge is 2.39. The molecule has 2 heterocycles. The van der Waals surface area contributed by atoms with Gasteiger partial charge in [0, 0.05) is 28.1 Å². The Morgan fingerprint density at radius 1 is 0.629 bits per heavy atom. The van der Waals surface area contributed by atoms with Crippen molar-refractivity contribution in [2.24, 2.45) is 0 Å². The number of aromatic nitrogens is 2. The van der Waals surface area contributed by atoms with Gasteiger partial charge in [-0.25, -0.2) is 4.98 Å². The molecule has 0 saturated heterocycles. The second-order valence-electron chi connectivity index (χ2n) is 9.89. The van der Waals surface area contributed by atoms with E-state index >= 15 is 0 Å². The Morgan fingerprint density at radius 2 is 1.43 bits per heavy atom. The summed E-state index contributed by atoms with van der Waals surface area (Å²) in [5.41, 5.74) is 10.2. The standard InChI is InChI=1S/C33H24N2/c1-33(2)27-16-17-29(22-10-4-3-5-11-22)35-32(27)30-28(33)20-26(25-13-8-18-34-31(25)30)24-15-14-21-9-6-7-12-23(21)19-24/h3-20H,1-2H3. The quantitative estimate of drug-likeness (QED) is 0.266. The van der Waals surface area contributed by atoms with E-state index in [4.69, 9.17) is 9.97 Å². The van der Waals surface area contributed by atoms with Crippen LogP contribution in [0.2, 0.25) is 0 Å². The predicted molar refractivity (Wildman–Crippen MR) is 145 cm³/mol. The van der Waals surface area contributed by atoms with Crippen molar-refractivity contribution in [3.8, 4) is 33.6 Å². The minimum atomic E-state index is -0.163. The van der Waals surface area contributed by atoms with Crippen molar-refractivity contribution in [2.45, 2.75) is 19.3 Å². The van der Waals surface area contributed by atoms with Crippen molar-refractivity contribution in [2.75, 3.05) is 0 Å². The molecular weight excluding hydrogens is 424 g/mol. The average molecular weight is 449 g/mol. The molecule has 0 radical (unpaired) electrons. The van der Waals surface area contributed by atoms with Crippen LogP contribution in [0.25, 0.3) is 55.3 Å². The van der Waals surface area contributed by atoms with Crippen LogP contribution in [0.5, 0.6) is 0 Å². The van der Waals surface area contributed by atoms with Crippen LogP contribution in [0, 0.1) is 0 Å². The molecule has 1 aliphatic carbocycles. The predicted octanol–water partition coefficient (Wildman–Crippen LogP) is 8.42. The summed E-state index contributed by atoms with van der Waals surface area (Å²) in [5, 5.41) is 3.67. The largest absolute Gasteiger partial charge is 0.256 e. The zero-order chi connectivity index (χ0) is 23.6. The second kappa shape index (κ2) is 7.35. The van der Waals surface area contributed by atoms with Crippen molar-refractivity contribution in [1.29, 1.82) is 0 Å². The third kappa shape index (κ3) is 2.96. The van der Waals surface area contributed by atoms with Crippen LogP contribution >= 0.6 is 0 Å². The Kier molecular flexibility index (Phi) is 4.22. The first kappa shape index (κ1) is 20.1. The van der Waals surface area contributed by atoms with Crippen molar-refractivity contribution in [1.82, 2.24) is 9.97 Å². The summed E-state index contributed by atoms with van der Waals surface area (Å²) < 4.78 is 0. The highest BCUT2D eigenvalue weighted by Crippen LogP contribution is 2.52. The lowest BCUT2D eigenvalue weighted by Crippen LogP contribution is -2.15. The molecule has 0 atom stereocenters. The number of pyridine rings is 2. The van der Waals surface area contributed by atoms with Crippen LogP contribution in [0.3, 0.4) is 0 Å². The van der Waals surface area contributed by atoms with Gasteiger partial charge in [0.2, 0.25) is 0 Å². The number of hydrogen-bond acceptors (Lipinski definition) is 2. The summed E-state index contributed by atoms with van der Waals surface area (Å²) in [6.45, 7) is 4.61. The fourth-order valence-corrected chi connectivity index (χ4v) is 5.64. The molecule has 0 aliphatic heterocycles. The average Bonchev–Trinajstić information content (AvgIpc) is 3.14. The molecule has 2 heteroatoms. The summed E-state index contributed by atoms with van der Waals surface area (Å²) >= 11 is 0. The summed E-state index contributed by atoms with van der Waals surface area (Å²) in [6, 6.07) is 36.7. The third-order valence-corrected chi connectivity index (χ3v) is 7.50. The maximum absolute atomic E-state index is 5.21. The molecular formula is C33H24N2. The van der Waals surface area contributed by atoms with Gasteiger partial charge in [-0.05, 0) is 57.3 Å². The van der Waals surface area contributed by atoms with Gasteiger partial charge < -0.3 is 0 Å². The number of rotatable bonds is 2. The lowest BCUT2D eigenvalue weighted by molar-refractivity contribution is 0.659. The van der Waals surface area contributed by atoms with Gasteiger partial charge in [-0.3, -0.25) is 4.98 Å². The van der Waals surface area contributed by atoms with Gasteiger partial charge in [0.05, 0.1) is 16.9 Å². The molecule has 2 nitrogen and oxygen atoms in total. The minimum absolute atomic E-state index is 0.163. The lowest BCUT2D eigenvalue weighted by Gasteiger charge is -2.22. The van der Waals surface area contributed by atoms with E-state index < -0.39 is 0 Å². The van der Waals surface area contributed by atoms with Crippen LogP contribution in [0.1, 0.15) is 25.0 Å². The molecule has 0 N–H and O–H groups in total. The Balaban J connectivity index is 1.52. The van der Waals surface area contributed by atoms with Gasteiger partial charge in [-0.2, -0.15) is 0 Å². The third-order valence-electron chi connectivity index (χ3n) is 7.50. The van der Waals surface area contributed by atoms with E-state index in [1.54, 1.807) is 0 Å². The van der Waals surface area contributed by atoms with E-state index in [2.05, 4.69) is 105 Å². The smallest absolute Gasteiger partial charge is 0.0805 e. The minimum Gasteiger partial charge on any atom is -0.256 e. The Bertz CT molecular complexity index is 1760. The molecule has 0 spiro atoms. The number of benzene rings is 4. The fraction of sp³-hybridized carbons (Fsp3) is 0.0909. The Morgan fingerprint density at radius 3 is 2.29 bits per heavy atom. The maximum Gasteiger partial charge on any atom is 0.0805 e. The first-order valence-corrected chi connectivity index (χ1v) is 12.1. The topological polar surface area (TPSA) is 25.8 Å². The molecule has 2 aromatic heterocycles. The van der Waals surface area contributed by atoms with Gasteiger partial charge >= 0.3 is 0 Å². The number of fused-ring (bicyclic) bond motifs is 6. The van der Waals surface area contributed by atoms with Crippen LogP contribution in [0.4, 0.5) is 0 Å². The van der Waals surface area contributed by atoms with Crippen LogP contribution < -0.4 is 0 Å². The molecule has 0 fully saturated rings. The van der Waals surface area contributed by atoms with Gasteiger partial charge in [0.1, 0.15) is 0 Å². The van der Waals surface area contributed by atoms with E-state index in [1.807, 2.05) is 18.3 Å². The molecule has 6 aromatic rings. The Labute approximate surface area is 204 Å². The molecule has 1 aliphatic rings. The fourth-order valence-electron chi connectivity index (χ4n) is 5.64. The zero-order valence-electron chi connectivity index (χ0n) is 19.8. The lowest BCUT2D eigenvalue weighted by atomic mass is 9.81. The van der Waals surface area contributed by atoms with E-state index in [1.165, 1.54) is 38.6 Å². The number of nitrogens with zero attached hydrogens (tertiary/aromatic N) is 2. The monoisotopic (exact) mass is 448 g/mol. The van der Waals surface area contributed by atoms with E-state index in [0.29, 0.717) is 0 Å². The maximum atomic E-state index is 5.21. The van der Waals surface area contributed by atoms with Crippen molar-refractivity contribution in [3.05, 3.63) is 120 Å². The van der Waals surface area contributed by atoms with E-state index in [9.17, 15) is 0 Å². The molecule has 0 bridgehead atoms. The molecule has 35 heavy (non-hydrogen) atoms. The number of hydrogen-bond donors (Lipinski definition) is 0. The normalized spacial score (nSPS) is 13.7. The van der Waals surface area contributed by atoms with Gasteiger partial charge in [-0.15, -0.1) is 0 Å². The zero-order valence-corrected chi connectivity index (χ0v) is 19.8. The first-order chi connectivity index (χ1) is 17.1. The molecule has 0 saturated carbocycles. The highest BCUT2D eigenvalue weighted by atomic mass is 14.8. The van der Waals surface area contributed by atoms with Gasteiger partial charge in [0.25, 0.3) is 0 Å². The van der Waals surface area contributed by atoms with Crippen LogP contribution in [-0.4, -0.2) is 9.97 Å².